The first kappa shape index (κ1) is 15.8. The first-order valence-corrected chi connectivity index (χ1v) is 7.40. The van der Waals surface area contributed by atoms with Crippen molar-refractivity contribution in [2.24, 2.45) is 0 Å². The van der Waals surface area contributed by atoms with E-state index in [9.17, 15) is 9.59 Å². The number of ether oxygens (including phenoxy) is 1. The summed E-state index contributed by atoms with van der Waals surface area (Å²) in [5.41, 5.74) is 0.328. The summed E-state index contributed by atoms with van der Waals surface area (Å²) in [6.07, 6.45) is -0.0816. The highest BCUT2D eigenvalue weighted by atomic mass is 79.9. The topological polar surface area (TPSA) is 78.9 Å². The third-order valence-corrected chi connectivity index (χ3v) is 3.65. The van der Waals surface area contributed by atoms with E-state index in [0.29, 0.717) is 17.6 Å². The maximum atomic E-state index is 12.3. The van der Waals surface area contributed by atoms with Gasteiger partial charge in [-0.05, 0) is 32.0 Å². The molecule has 114 valence electrons. The van der Waals surface area contributed by atoms with Gasteiger partial charge in [0.2, 0.25) is 0 Å². The lowest BCUT2D eigenvalue weighted by Gasteiger charge is -2.35. The molecule has 1 heterocycles. The van der Waals surface area contributed by atoms with E-state index in [1.807, 2.05) is 13.8 Å². The van der Waals surface area contributed by atoms with Crippen LogP contribution in [0.5, 0.6) is 0 Å². The van der Waals surface area contributed by atoms with Crippen molar-refractivity contribution < 1.29 is 19.4 Å². The van der Waals surface area contributed by atoms with Gasteiger partial charge >= 0.3 is 12.0 Å². The molecule has 0 aliphatic carbocycles. The van der Waals surface area contributed by atoms with Crippen LogP contribution in [-0.4, -0.2) is 47.3 Å². The summed E-state index contributed by atoms with van der Waals surface area (Å²) in [7, 11) is 0. The zero-order valence-corrected chi connectivity index (χ0v) is 13.4. The lowest BCUT2D eigenvalue weighted by molar-refractivity contribution is -0.0530. The fraction of sp³-hybridized carbons (Fsp3) is 0.429. The number of benzene rings is 1. The molecular weight excluding hydrogens is 340 g/mol. The van der Waals surface area contributed by atoms with Crippen molar-refractivity contribution in [1.82, 2.24) is 4.90 Å². The van der Waals surface area contributed by atoms with Gasteiger partial charge in [0, 0.05) is 17.6 Å². The Hall–Kier alpha value is -1.60. The van der Waals surface area contributed by atoms with Gasteiger partial charge in [0.15, 0.2) is 0 Å². The molecule has 0 spiro atoms. The third kappa shape index (κ3) is 3.95. The standard InChI is InChI=1S/C14H17BrN2O4/c1-8-6-17(7-9(2)21-8)14(20)16-12-5-10(15)3-4-11(12)13(18)19/h3-5,8-9H,6-7H2,1-2H3,(H,16,20)(H,18,19). The highest BCUT2D eigenvalue weighted by Crippen LogP contribution is 2.22. The van der Waals surface area contributed by atoms with Crippen LogP contribution in [0.1, 0.15) is 24.2 Å². The number of carbonyl (C=O) groups excluding carboxylic acids is 1. The van der Waals surface area contributed by atoms with Gasteiger partial charge in [0.25, 0.3) is 0 Å². The smallest absolute Gasteiger partial charge is 0.337 e. The van der Waals surface area contributed by atoms with Crippen LogP contribution in [0.3, 0.4) is 0 Å². The van der Waals surface area contributed by atoms with E-state index in [2.05, 4.69) is 21.2 Å². The van der Waals surface area contributed by atoms with Crippen molar-refractivity contribution in [1.29, 1.82) is 0 Å². The van der Waals surface area contributed by atoms with Crippen LogP contribution in [0, 0.1) is 0 Å². The Morgan fingerprint density at radius 3 is 2.52 bits per heavy atom. The van der Waals surface area contributed by atoms with Gasteiger partial charge < -0.3 is 20.1 Å². The van der Waals surface area contributed by atoms with Crippen molar-refractivity contribution in [3.63, 3.8) is 0 Å². The number of urea groups is 1. The molecule has 6 nitrogen and oxygen atoms in total. The Morgan fingerprint density at radius 1 is 1.33 bits per heavy atom. The van der Waals surface area contributed by atoms with Crippen molar-refractivity contribution in [2.45, 2.75) is 26.1 Å². The number of aromatic carboxylic acids is 1. The molecule has 0 radical (unpaired) electrons. The van der Waals surface area contributed by atoms with Crippen LogP contribution in [0.4, 0.5) is 10.5 Å². The lowest BCUT2D eigenvalue weighted by atomic mass is 10.2. The number of halogens is 1. The van der Waals surface area contributed by atoms with E-state index in [0.717, 1.165) is 0 Å². The van der Waals surface area contributed by atoms with Gasteiger partial charge in [0.1, 0.15) is 0 Å². The Bertz CT molecular complexity index is 554. The first-order valence-electron chi connectivity index (χ1n) is 6.61. The molecule has 2 rings (SSSR count). The number of hydrogen-bond donors (Lipinski definition) is 2. The number of anilines is 1. The second-order valence-corrected chi connectivity index (χ2v) is 6.00. The highest BCUT2D eigenvalue weighted by molar-refractivity contribution is 9.10. The van der Waals surface area contributed by atoms with Gasteiger partial charge in [-0.3, -0.25) is 0 Å². The van der Waals surface area contributed by atoms with E-state index in [4.69, 9.17) is 9.84 Å². The second-order valence-electron chi connectivity index (χ2n) is 5.09. The molecule has 2 atom stereocenters. The predicted octanol–water partition coefficient (Wildman–Crippen LogP) is 2.79. The molecular formula is C14H17BrN2O4. The van der Waals surface area contributed by atoms with Crippen molar-refractivity contribution in [3.05, 3.63) is 28.2 Å². The minimum Gasteiger partial charge on any atom is -0.478 e. The van der Waals surface area contributed by atoms with E-state index in [1.54, 1.807) is 17.0 Å². The van der Waals surface area contributed by atoms with E-state index >= 15 is 0 Å². The first-order chi connectivity index (χ1) is 9.86. The molecule has 2 amide bonds. The normalized spacial score (nSPS) is 22.0. The summed E-state index contributed by atoms with van der Waals surface area (Å²) < 4.78 is 6.28. The summed E-state index contributed by atoms with van der Waals surface area (Å²) in [6.45, 7) is 4.76. The van der Waals surface area contributed by atoms with Crippen molar-refractivity contribution in [2.75, 3.05) is 18.4 Å². The summed E-state index contributed by atoms with van der Waals surface area (Å²) in [5.74, 6) is -1.08. The molecule has 0 bridgehead atoms. The predicted molar refractivity (Wildman–Crippen MR) is 81.7 cm³/mol. The van der Waals surface area contributed by atoms with Gasteiger partial charge in [0.05, 0.1) is 23.5 Å². The van der Waals surface area contributed by atoms with Gasteiger partial charge in [-0.2, -0.15) is 0 Å². The number of rotatable bonds is 2. The van der Waals surface area contributed by atoms with Crippen LogP contribution >= 0.6 is 15.9 Å². The largest absolute Gasteiger partial charge is 0.478 e. The summed E-state index contributed by atoms with van der Waals surface area (Å²) in [6, 6.07) is 4.33. The molecule has 1 saturated heterocycles. The molecule has 1 aliphatic heterocycles. The zero-order valence-electron chi connectivity index (χ0n) is 11.8. The monoisotopic (exact) mass is 356 g/mol. The SMILES string of the molecule is CC1CN(C(=O)Nc2cc(Br)ccc2C(=O)O)CC(C)O1. The Labute approximate surface area is 131 Å². The molecule has 2 unspecified atom stereocenters. The third-order valence-electron chi connectivity index (χ3n) is 3.16. The van der Waals surface area contributed by atoms with Gasteiger partial charge in [-0.1, -0.05) is 15.9 Å². The number of carboxylic acid groups (broad SMARTS) is 1. The molecule has 1 aliphatic rings. The van der Waals surface area contributed by atoms with Crippen molar-refractivity contribution >= 4 is 33.6 Å². The molecule has 7 heteroatoms. The number of carboxylic acids is 1. The van der Waals surface area contributed by atoms with E-state index in [1.165, 1.54) is 6.07 Å². The average molecular weight is 357 g/mol. The Balaban J connectivity index is 2.16. The molecule has 1 aromatic rings. The maximum Gasteiger partial charge on any atom is 0.337 e. The minimum absolute atomic E-state index is 0.0408. The number of amides is 2. The minimum atomic E-state index is -1.08. The molecule has 0 aromatic heterocycles. The van der Waals surface area contributed by atoms with E-state index in [-0.39, 0.29) is 29.5 Å². The lowest BCUT2D eigenvalue weighted by Crippen LogP contribution is -2.49. The Morgan fingerprint density at radius 2 is 1.95 bits per heavy atom. The van der Waals surface area contributed by atoms with Crippen molar-refractivity contribution in [3.8, 4) is 0 Å². The molecule has 21 heavy (non-hydrogen) atoms. The number of morpholine rings is 1. The zero-order chi connectivity index (χ0) is 15.6. The second kappa shape index (κ2) is 6.44. The highest BCUT2D eigenvalue weighted by Gasteiger charge is 2.26. The fourth-order valence-electron chi connectivity index (χ4n) is 2.34. The average Bonchev–Trinajstić information content (AvgIpc) is 2.37. The van der Waals surface area contributed by atoms with Crippen LogP contribution in [0.2, 0.25) is 0 Å². The summed E-state index contributed by atoms with van der Waals surface area (Å²) in [5, 5.41) is 11.8. The number of carbonyl (C=O) groups is 2. The van der Waals surface area contributed by atoms with Crippen LogP contribution in [0.15, 0.2) is 22.7 Å². The van der Waals surface area contributed by atoms with Crippen LogP contribution in [0.25, 0.3) is 0 Å². The molecule has 0 saturated carbocycles. The molecule has 1 fully saturated rings. The number of hydrogen-bond acceptors (Lipinski definition) is 3. The van der Waals surface area contributed by atoms with Gasteiger partial charge in [-0.25, -0.2) is 9.59 Å². The van der Waals surface area contributed by atoms with Crippen LogP contribution in [-0.2, 0) is 4.74 Å². The quantitative estimate of drug-likeness (QED) is 0.853. The number of nitrogens with one attached hydrogen (secondary N) is 1. The number of nitrogens with zero attached hydrogens (tertiary/aromatic N) is 1. The summed E-state index contributed by atoms with van der Waals surface area (Å²) >= 11 is 3.27. The Kier molecular flexibility index (Phi) is 4.84. The van der Waals surface area contributed by atoms with E-state index < -0.39 is 5.97 Å². The summed E-state index contributed by atoms with van der Waals surface area (Å²) in [4.78, 5) is 25.1. The maximum absolute atomic E-state index is 12.3. The molecule has 1 aromatic carbocycles. The molecule has 2 N–H and O–H groups in total. The van der Waals surface area contributed by atoms with Crippen LogP contribution < -0.4 is 5.32 Å². The van der Waals surface area contributed by atoms with Gasteiger partial charge in [-0.15, -0.1) is 0 Å². The fourth-order valence-corrected chi connectivity index (χ4v) is 2.71.